The highest BCUT2D eigenvalue weighted by molar-refractivity contribution is 5.94. The number of nitrogens with zero attached hydrogens (tertiary/aromatic N) is 2. The van der Waals surface area contributed by atoms with E-state index in [-0.39, 0.29) is 12.5 Å². The van der Waals surface area contributed by atoms with E-state index in [0.717, 1.165) is 19.6 Å². The van der Waals surface area contributed by atoms with Crippen molar-refractivity contribution < 1.29 is 9.59 Å². The van der Waals surface area contributed by atoms with E-state index < -0.39 is 6.03 Å². The van der Waals surface area contributed by atoms with Crippen LogP contribution in [-0.2, 0) is 4.79 Å². The van der Waals surface area contributed by atoms with E-state index in [1.807, 2.05) is 4.90 Å². The van der Waals surface area contributed by atoms with Gasteiger partial charge in [0.25, 0.3) is 0 Å². The molecule has 6 heteroatoms. The first-order valence-electron chi connectivity index (χ1n) is 5.01. The van der Waals surface area contributed by atoms with Gasteiger partial charge in [0.15, 0.2) is 0 Å². The Kier molecular flexibility index (Phi) is 4.05. The maximum absolute atomic E-state index is 11.3. The van der Waals surface area contributed by atoms with Crippen LogP contribution in [-0.4, -0.2) is 61.0 Å². The van der Waals surface area contributed by atoms with Crippen molar-refractivity contribution in [3.63, 3.8) is 0 Å². The minimum Gasteiger partial charge on any atom is -0.351 e. The van der Waals surface area contributed by atoms with Crippen molar-refractivity contribution in [1.82, 2.24) is 15.1 Å². The third kappa shape index (κ3) is 3.85. The van der Waals surface area contributed by atoms with Crippen LogP contribution in [0.25, 0.3) is 0 Å². The zero-order chi connectivity index (χ0) is 11.4. The summed E-state index contributed by atoms with van der Waals surface area (Å²) in [6.45, 7) is 5.01. The fraction of sp³-hybridized carbons (Fsp3) is 0.778. The van der Waals surface area contributed by atoms with Crippen LogP contribution in [0.4, 0.5) is 4.79 Å². The van der Waals surface area contributed by atoms with Gasteiger partial charge in [0, 0.05) is 25.7 Å². The lowest BCUT2D eigenvalue weighted by Gasteiger charge is -2.37. The van der Waals surface area contributed by atoms with E-state index in [1.165, 1.54) is 0 Å². The molecular weight excluding hydrogens is 196 g/mol. The van der Waals surface area contributed by atoms with Gasteiger partial charge in [-0.1, -0.05) is 0 Å². The predicted octanol–water partition coefficient (Wildman–Crippen LogP) is -1.18. The van der Waals surface area contributed by atoms with Crippen LogP contribution in [0.2, 0.25) is 0 Å². The van der Waals surface area contributed by atoms with Crippen molar-refractivity contribution >= 4 is 11.9 Å². The molecular formula is C9H18N4O2. The number of urea groups is 1. The molecule has 0 aliphatic carbocycles. The summed E-state index contributed by atoms with van der Waals surface area (Å²) in [6, 6.07) is -0.468. The van der Waals surface area contributed by atoms with E-state index >= 15 is 0 Å². The smallest absolute Gasteiger partial charge is 0.318 e. The molecule has 1 aliphatic heterocycles. The third-order valence-electron chi connectivity index (χ3n) is 2.58. The number of hydrogen-bond acceptors (Lipinski definition) is 4. The molecule has 86 valence electrons. The topological polar surface area (TPSA) is 78.7 Å². The molecule has 0 saturated carbocycles. The molecule has 0 aromatic carbocycles. The first-order valence-corrected chi connectivity index (χ1v) is 5.01. The van der Waals surface area contributed by atoms with Crippen LogP contribution in [0.15, 0.2) is 0 Å². The number of carbonyl (C=O) groups excluding carboxylic acids is 2. The Morgan fingerprint density at radius 1 is 1.47 bits per heavy atom. The second-order valence-corrected chi connectivity index (χ2v) is 3.99. The van der Waals surface area contributed by atoms with Crippen LogP contribution in [0, 0.1) is 0 Å². The van der Waals surface area contributed by atoms with Crippen molar-refractivity contribution in [1.29, 1.82) is 0 Å². The number of piperazine rings is 1. The van der Waals surface area contributed by atoms with E-state index in [4.69, 9.17) is 5.73 Å². The Morgan fingerprint density at radius 2 is 2.13 bits per heavy atom. The molecule has 0 spiro atoms. The summed E-state index contributed by atoms with van der Waals surface area (Å²) in [5.41, 5.74) is 4.86. The highest BCUT2D eigenvalue weighted by Crippen LogP contribution is 2.06. The lowest BCUT2D eigenvalue weighted by Crippen LogP contribution is -2.53. The van der Waals surface area contributed by atoms with Gasteiger partial charge in [0.05, 0.1) is 6.54 Å². The maximum atomic E-state index is 11.3. The minimum absolute atomic E-state index is 0.234. The summed E-state index contributed by atoms with van der Waals surface area (Å²) in [7, 11) is 2.05. The van der Waals surface area contributed by atoms with Gasteiger partial charge in [-0.3, -0.25) is 15.0 Å². The number of primary amides is 1. The first kappa shape index (κ1) is 11.9. The third-order valence-corrected chi connectivity index (χ3v) is 2.58. The molecule has 0 bridgehead atoms. The molecule has 6 nitrogen and oxygen atoms in total. The highest BCUT2D eigenvalue weighted by atomic mass is 16.2. The van der Waals surface area contributed by atoms with Crippen LogP contribution in [0.1, 0.15) is 6.92 Å². The maximum Gasteiger partial charge on any atom is 0.318 e. The lowest BCUT2D eigenvalue weighted by atomic mass is 10.2. The Labute approximate surface area is 89.4 Å². The van der Waals surface area contributed by atoms with Gasteiger partial charge in [-0.15, -0.1) is 0 Å². The normalized spacial score (nSPS) is 23.7. The molecule has 1 heterocycles. The predicted molar refractivity (Wildman–Crippen MR) is 56.3 cm³/mol. The summed E-state index contributed by atoms with van der Waals surface area (Å²) in [5, 5.41) is 2.07. The Balaban J connectivity index is 2.38. The molecule has 0 aromatic heterocycles. The zero-order valence-electron chi connectivity index (χ0n) is 9.19. The summed E-state index contributed by atoms with van der Waals surface area (Å²) in [5.74, 6) is -0.334. The molecule has 1 fully saturated rings. The largest absolute Gasteiger partial charge is 0.351 e. The lowest BCUT2D eigenvalue weighted by molar-refractivity contribution is -0.122. The molecule has 1 atom stereocenters. The van der Waals surface area contributed by atoms with Crippen LogP contribution >= 0.6 is 0 Å². The van der Waals surface area contributed by atoms with Gasteiger partial charge in [-0.25, -0.2) is 4.79 Å². The van der Waals surface area contributed by atoms with E-state index in [0.29, 0.717) is 6.04 Å². The van der Waals surface area contributed by atoms with E-state index in [9.17, 15) is 9.59 Å². The number of rotatable bonds is 2. The monoisotopic (exact) mass is 214 g/mol. The molecule has 3 N–H and O–H groups in total. The molecule has 0 aromatic rings. The van der Waals surface area contributed by atoms with Crippen molar-refractivity contribution in [2.24, 2.45) is 5.73 Å². The average Bonchev–Trinajstić information content (AvgIpc) is 2.08. The van der Waals surface area contributed by atoms with Crippen molar-refractivity contribution in [2.75, 3.05) is 33.2 Å². The summed E-state index contributed by atoms with van der Waals surface area (Å²) in [4.78, 5) is 26.0. The molecule has 1 rings (SSSR count). The number of hydrogen-bond donors (Lipinski definition) is 2. The standard InChI is InChI=1S/C9H18N4O2/c1-7-5-12(2)3-4-13(7)6-8(14)11-9(10)15/h7H,3-6H2,1-2H3,(H3,10,11,14,15)/t7-/m0/s1. The van der Waals surface area contributed by atoms with Gasteiger partial charge in [-0.2, -0.15) is 0 Å². The van der Waals surface area contributed by atoms with Crippen LogP contribution < -0.4 is 11.1 Å². The van der Waals surface area contributed by atoms with Gasteiger partial charge in [-0.05, 0) is 14.0 Å². The number of nitrogens with one attached hydrogen (secondary N) is 1. The number of amides is 3. The first-order chi connectivity index (χ1) is 6.99. The van der Waals surface area contributed by atoms with Crippen molar-refractivity contribution in [3.8, 4) is 0 Å². The molecule has 3 amide bonds. The quantitative estimate of drug-likeness (QED) is 0.606. The Hall–Kier alpha value is -1.14. The van der Waals surface area contributed by atoms with E-state index in [2.05, 4.69) is 24.2 Å². The van der Waals surface area contributed by atoms with E-state index in [1.54, 1.807) is 0 Å². The number of imide groups is 1. The molecule has 15 heavy (non-hydrogen) atoms. The molecule has 1 saturated heterocycles. The fourth-order valence-electron chi connectivity index (χ4n) is 1.77. The van der Waals surface area contributed by atoms with Gasteiger partial charge >= 0.3 is 6.03 Å². The van der Waals surface area contributed by atoms with Crippen LogP contribution in [0.5, 0.6) is 0 Å². The minimum atomic E-state index is -0.790. The number of nitrogens with two attached hydrogens (primary N) is 1. The summed E-state index contributed by atoms with van der Waals surface area (Å²) < 4.78 is 0. The molecule has 1 aliphatic rings. The van der Waals surface area contributed by atoms with Crippen LogP contribution in [0.3, 0.4) is 0 Å². The second-order valence-electron chi connectivity index (χ2n) is 3.99. The zero-order valence-corrected chi connectivity index (χ0v) is 9.19. The summed E-state index contributed by atoms with van der Waals surface area (Å²) in [6.07, 6.45) is 0. The highest BCUT2D eigenvalue weighted by Gasteiger charge is 2.23. The average molecular weight is 214 g/mol. The fourth-order valence-corrected chi connectivity index (χ4v) is 1.77. The summed E-state index contributed by atoms with van der Waals surface area (Å²) >= 11 is 0. The van der Waals surface area contributed by atoms with Gasteiger partial charge in [0.2, 0.25) is 5.91 Å². The SMILES string of the molecule is C[C@H]1CN(C)CCN1CC(=O)NC(N)=O. The second kappa shape index (κ2) is 5.09. The van der Waals surface area contributed by atoms with Gasteiger partial charge < -0.3 is 10.6 Å². The Bertz CT molecular complexity index is 256. The number of carbonyl (C=O) groups is 2. The van der Waals surface area contributed by atoms with Crippen molar-refractivity contribution in [2.45, 2.75) is 13.0 Å². The number of likely N-dealkylation sites (N-methyl/N-ethyl adjacent to an activating group) is 1. The molecule has 0 radical (unpaired) electrons. The van der Waals surface area contributed by atoms with Gasteiger partial charge in [0.1, 0.15) is 0 Å². The Morgan fingerprint density at radius 3 is 2.67 bits per heavy atom. The van der Waals surface area contributed by atoms with Crippen molar-refractivity contribution in [3.05, 3.63) is 0 Å². The molecule has 0 unspecified atom stereocenters.